The Morgan fingerprint density at radius 1 is 1.00 bits per heavy atom. The summed E-state index contributed by atoms with van der Waals surface area (Å²) in [5.41, 5.74) is 3.52. The van der Waals surface area contributed by atoms with Crippen LogP contribution in [0.3, 0.4) is 0 Å². The summed E-state index contributed by atoms with van der Waals surface area (Å²) in [4.78, 5) is 0. The molecular formula is C16H19FO2. The highest BCUT2D eigenvalue weighted by Crippen LogP contribution is 2.32. The molecule has 1 aromatic carbocycles. The van der Waals surface area contributed by atoms with Gasteiger partial charge in [0.1, 0.15) is 23.4 Å². The van der Waals surface area contributed by atoms with Crippen molar-refractivity contribution >= 4 is 0 Å². The van der Waals surface area contributed by atoms with Crippen LogP contribution < -0.4 is 0 Å². The minimum Gasteiger partial charge on any atom is -0.466 e. The molecule has 19 heavy (non-hydrogen) atoms. The highest BCUT2D eigenvalue weighted by Gasteiger charge is 2.21. The van der Waals surface area contributed by atoms with Crippen LogP contribution in [0.1, 0.15) is 45.4 Å². The van der Waals surface area contributed by atoms with Gasteiger partial charge in [0.25, 0.3) is 0 Å². The number of aryl methyl sites for hydroxylation is 4. The zero-order chi connectivity index (χ0) is 14.3. The summed E-state index contributed by atoms with van der Waals surface area (Å²) in [5.74, 6) is 1.30. The Labute approximate surface area is 112 Å². The molecule has 0 radical (unpaired) electrons. The number of hydrogen-bond acceptors (Lipinski definition) is 2. The Morgan fingerprint density at radius 3 is 1.95 bits per heavy atom. The van der Waals surface area contributed by atoms with E-state index >= 15 is 0 Å². The first-order valence-corrected chi connectivity index (χ1v) is 6.34. The Morgan fingerprint density at radius 2 is 1.53 bits per heavy atom. The van der Waals surface area contributed by atoms with Crippen molar-refractivity contribution in [2.75, 3.05) is 0 Å². The lowest BCUT2D eigenvalue weighted by atomic mass is 9.95. The summed E-state index contributed by atoms with van der Waals surface area (Å²) in [6.45, 7) is 9.05. The SMILES string of the molecule is Cc1cc(C(O)c2c(C)oc(C)c2C)cc(C)c1F. The molecule has 0 fully saturated rings. The molecular weight excluding hydrogens is 243 g/mol. The molecule has 0 aliphatic carbocycles. The maximum atomic E-state index is 13.6. The molecule has 1 heterocycles. The molecule has 0 spiro atoms. The smallest absolute Gasteiger partial charge is 0.129 e. The number of benzene rings is 1. The van der Waals surface area contributed by atoms with Gasteiger partial charge in [0.15, 0.2) is 0 Å². The first-order valence-electron chi connectivity index (χ1n) is 6.34. The van der Waals surface area contributed by atoms with E-state index in [0.717, 1.165) is 16.9 Å². The first kappa shape index (κ1) is 13.8. The molecule has 1 atom stereocenters. The molecule has 1 unspecified atom stereocenters. The predicted molar refractivity (Wildman–Crippen MR) is 72.9 cm³/mol. The lowest BCUT2D eigenvalue weighted by Gasteiger charge is -2.14. The molecule has 0 bridgehead atoms. The van der Waals surface area contributed by atoms with Crippen LogP contribution in [-0.2, 0) is 0 Å². The second kappa shape index (κ2) is 4.82. The van der Waals surface area contributed by atoms with E-state index in [1.165, 1.54) is 0 Å². The Bertz CT molecular complexity index is 603. The van der Waals surface area contributed by atoms with Crippen molar-refractivity contribution in [1.29, 1.82) is 0 Å². The van der Waals surface area contributed by atoms with Crippen LogP contribution in [0.15, 0.2) is 16.5 Å². The van der Waals surface area contributed by atoms with Gasteiger partial charge in [-0.2, -0.15) is 0 Å². The van der Waals surface area contributed by atoms with E-state index in [4.69, 9.17) is 4.42 Å². The minimum absolute atomic E-state index is 0.215. The second-order valence-corrected chi connectivity index (χ2v) is 5.12. The number of halogens is 1. The third kappa shape index (κ3) is 2.30. The largest absolute Gasteiger partial charge is 0.466 e. The summed E-state index contributed by atoms with van der Waals surface area (Å²) in [6, 6.07) is 3.38. The van der Waals surface area contributed by atoms with Gasteiger partial charge in [-0.15, -0.1) is 0 Å². The van der Waals surface area contributed by atoms with Gasteiger partial charge in [-0.1, -0.05) is 12.1 Å². The van der Waals surface area contributed by atoms with Crippen LogP contribution in [0.5, 0.6) is 0 Å². The summed E-state index contributed by atoms with van der Waals surface area (Å²) in [5, 5.41) is 10.5. The quantitative estimate of drug-likeness (QED) is 0.886. The molecule has 2 aromatic rings. The van der Waals surface area contributed by atoms with Gasteiger partial charge in [0.05, 0.1) is 0 Å². The zero-order valence-corrected chi connectivity index (χ0v) is 12.0. The fraction of sp³-hybridized carbons (Fsp3) is 0.375. The molecule has 0 saturated carbocycles. The normalized spacial score (nSPS) is 12.8. The molecule has 2 nitrogen and oxygen atoms in total. The van der Waals surface area contributed by atoms with Crippen LogP contribution in [0.4, 0.5) is 4.39 Å². The Kier molecular flexibility index (Phi) is 3.50. The van der Waals surface area contributed by atoms with Crippen LogP contribution in [0.2, 0.25) is 0 Å². The fourth-order valence-corrected chi connectivity index (χ4v) is 2.52. The number of furan rings is 1. The number of aliphatic hydroxyl groups is 1. The van der Waals surface area contributed by atoms with Gasteiger partial charge in [-0.25, -0.2) is 4.39 Å². The highest BCUT2D eigenvalue weighted by molar-refractivity contribution is 5.41. The van der Waals surface area contributed by atoms with Crippen LogP contribution in [0.25, 0.3) is 0 Å². The molecule has 102 valence electrons. The van der Waals surface area contributed by atoms with Gasteiger partial charge in [0.2, 0.25) is 0 Å². The van der Waals surface area contributed by atoms with Gasteiger partial charge in [-0.05, 0) is 56.9 Å². The van der Waals surface area contributed by atoms with Crippen molar-refractivity contribution in [2.24, 2.45) is 0 Å². The number of aliphatic hydroxyl groups excluding tert-OH is 1. The van der Waals surface area contributed by atoms with Crippen LogP contribution in [-0.4, -0.2) is 5.11 Å². The van der Waals surface area contributed by atoms with E-state index in [1.54, 1.807) is 26.0 Å². The minimum atomic E-state index is -0.782. The lowest BCUT2D eigenvalue weighted by molar-refractivity contribution is 0.217. The molecule has 0 amide bonds. The maximum absolute atomic E-state index is 13.6. The molecule has 1 N–H and O–H groups in total. The topological polar surface area (TPSA) is 33.4 Å². The molecule has 2 rings (SSSR count). The molecule has 0 aliphatic heterocycles. The average Bonchev–Trinajstić information content (AvgIpc) is 2.59. The van der Waals surface area contributed by atoms with Crippen molar-refractivity contribution < 1.29 is 13.9 Å². The van der Waals surface area contributed by atoms with Gasteiger partial charge in [-0.3, -0.25) is 0 Å². The van der Waals surface area contributed by atoms with Crippen LogP contribution >= 0.6 is 0 Å². The summed E-state index contributed by atoms with van der Waals surface area (Å²) < 4.78 is 19.2. The van der Waals surface area contributed by atoms with Crippen molar-refractivity contribution in [2.45, 2.75) is 40.7 Å². The van der Waals surface area contributed by atoms with Crippen molar-refractivity contribution in [3.8, 4) is 0 Å². The van der Waals surface area contributed by atoms with Gasteiger partial charge < -0.3 is 9.52 Å². The van der Waals surface area contributed by atoms with E-state index in [9.17, 15) is 9.50 Å². The summed E-state index contributed by atoms with van der Waals surface area (Å²) in [6.07, 6.45) is -0.782. The van der Waals surface area contributed by atoms with Gasteiger partial charge in [0, 0.05) is 5.56 Å². The van der Waals surface area contributed by atoms with E-state index in [-0.39, 0.29) is 5.82 Å². The van der Waals surface area contributed by atoms with Crippen molar-refractivity contribution in [1.82, 2.24) is 0 Å². The van der Waals surface area contributed by atoms with Crippen molar-refractivity contribution in [3.63, 3.8) is 0 Å². The third-order valence-electron chi connectivity index (χ3n) is 3.67. The predicted octanol–water partition coefficient (Wildman–Crippen LogP) is 4.04. The molecule has 1 aromatic heterocycles. The first-order chi connectivity index (χ1) is 8.82. The average molecular weight is 262 g/mol. The summed E-state index contributed by atoms with van der Waals surface area (Å²) in [7, 11) is 0. The van der Waals surface area contributed by atoms with E-state index in [0.29, 0.717) is 22.5 Å². The lowest BCUT2D eigenvalue weighted by Crippen LogP contribution is -2.04. The third-order valence-corrected chi connectivity index (χ3v) is 3.67. The van der Waals surface area contributed by atoms with Crippen LogP contribution in [0, 0.1) is 40.4 Å². The zero-order valence-electron chi connectivity index (χ0n) is 12.0. The van der Waals surface area contributed by atoms with E-state index in [1.807, 2.05) is 20.8 Å². The summed E-state index contributed by atoms with van der Waals surface area (Å²) >= 11 is 0. The maximum Gasteiger partial charge on any atom is 0.129 e. The molecule has 3 heteroatoms. The van der Waals surface area contributed by atoms with E-state index in [2.05, 4.69) is 0 Å². The monoisotopic (exact) mass is 262 g/mol. The number of hydrogen-bond donors (Lipinski definition) is 1. The fourth-order valence-electron chi connectivity index (χ4n) is 2.52. The van der Waals surface area contributed by atoms with Crippen molar-refractivity contribution in [3.05, 3.63) is 57.3 Å². The second-order valence-electron chi connectivity index (χ2n) is 5.12. The molecule has 0 saturated heterocycles. The highest BCUT2D eigenvalue weighted by atomic mass is 19.1. The standard InChI is InChI=1S/C16H19FO2/c1-8-6-13(7-9(2)15(8)17)16(18)14-10(3)11(4)19-12(14)5/h6-7,16,18H,1-5H3. The Balaban J connectivity index is 2.53. The Hall–Kier alpha value is -1.61. The number of rotatable bonds is 2. The molecule has 0 aliphatic rings. The van der Waals surface area contributed by atoms with E-state index < -0.39 is 6.10 Å². The van der Waals surface area contributed by atoms with Gasteiger partial charge >= 0.3 is 0 Å².